The van der Waals surface area contributed by atoms with Gasteiger partial charge in [-0.3, -0.25) is 0 Å². The Bertz CT molecular complexity index is 1500. The van der Waals surface area contributed by atoms with Crippen molar-refractivity contribution in [3.05, 3.63) is 70.9 Å². The van der Waals surface area contributed by atoms with Gasteiger partial charge in [0.25, 0.3) is 0 Å². The fourth-order valence-corrected chi connectivity index (χ4v) is 8.12. The van der Waals surface area contributed by atoms with Gasteiger partial charge >= 0.3 is 274 Å². The number of benzene rings is 2. The summed E-state index contributed by atoms with van der Waals surface area (Å²) in [4.78, 5) is 48.9. The van der Waals surface area contributed by atoms with Crippen LogP contribution in [0, 0.1) is 0 Å². The monoisotopic (exact) mass is 676 g/mol. The predicted octanol–water partition coefficient (Wildman–Crippen LogP) is 4.24. The van der Waals surface area contributed by atoms with Crippen molar-refractivity contribution in [2.75, 3.05) is 56.2 Å². The molecule has 2 aliphatic heterocycles. The standard InChI is InChI=1S/C34H45AsN6O4/c1-5-8-11-22-45-34(44)41-30-24-39(33(43)40(7-3)29-13-10-9-12-25(29)6-2)23-28(30)31(36-41)35-32(42)26-14-16-27(17-15-26)38-20-18-37(4)19-21-38/h9-10,12-17,35H,5-8,11,18-24H2,1-4H3. The quantitative estimate of drug-likeness (QED) is 0.222. The molecule has 45 heavy (non-hydrogen) atoms. The Morgan fingerprint density at radius 1 is 0.933 bits per heavy atom. The van der Waals surface area contributed by atoms with Gasteiger partial charge in [-0.25, -0.2) is 0 Å². The van der Waals surface area contributed by atoms with Crippen LogP contribution in [0.2, 0.25) is 0 Å². The summed E-state index contributed by atoms with van der Waals surface area (Å²) in [5.74, 6) is 0. The molecule has 2 aromatic carbocycles. The van der Waals surface area contributed by atoms with Gasteiger partial charge in [0.2, 0.25) is 0 Å². The molecule has 1 unspecified atom stereocenters. The molecular formula is C34H45AsN6O4. The summed E-state index contributed by atoms with van der Waals surface area (Å²) in [6.07, 6.45) is 3.03. The van der Waals surface area contributed by atoms with Crippen LogP contribution in [0.3, 0.4) is 0 Å². The van der Waals surface area contributed by atoms with Gasteiger partial charge in [0, 0.05) is 0 Å². The van der Waals surface area contributed by atoms with Crippen molar-refractivity contribution in [1.29, 1.82) is 0 Å². The Balaban J connectivity index is 1.36. The van der Waals surface area contributed by atoms with E-state index < -0.39 is 21.8 Å². The number of likely N-dealkylation sites (N-methyl/N-ethyl adjacent to an activating group) is 1. The number of hydrogen-bond acceptors (Lipinski definition) is 7. The third-order valence-electron chi connectivity index (χ3n) is 8.64. The second-order valence-electron chi connectivity index (χ2n) is 11.7. The molecule has 0 bridgehead atoms. The van der Waals surface area contributed by atoms with E-state index in [9.17, 15) is 14.4 Å². The number of nitrogens with zero attached hydrogens (tertiary/aromatic N) is 6. The molecule has 1 saturated heterocycles. The molecule has 10 nitrogen and oxygen atoms in total. The number of carbonyl (C=O) groups excluding carboxylic acids is 3. The number of unbranched alkanes of at least 4 members (excludes halogenated alkanes) is 2. The van der Waals surface area contributed by atoms with Crippen LogP contribution in [-0.4, -0.2) is 98.4 Å². The van der Waals surface area contributed by atoms with Crippen LogP contribution >= 0.6 is 0 Å². The number of aryl methyl sites for hydroxylation is 1. The number of rotatable bonds is 11. The minimum absolute atomic E-state index is 0.0422. The molecule has 240 valence electrons. The number of ether oxygens (including phenoxy) is 1. The first kappa shape index (κ1) is 32.8. The van der Waals surface area contributed by atoms with Crippen LogP contribution in [0.5, 0.6) is 0 Å². The van der Waals surface area contributed by atoms with Crippen LogP contribution in [-0.2, 0) is 24.2 Å². The van der Waals surface area contributed by atoms with Crippen LogP contribution in [0.4, 0.5) is 21.0 Å². The molecule has 3 heterocycles. The van der Waals surface area contributed by atoms with E-state index in [4.69, 9.17) is 4.74 Å². The topological polar surface area (TPSA) is 91.2 Å². The van der Waals surface area contributed by atoms with Crippen LogP contribution < -0.4 is 14.3 Å². The van der Waals surface area contributed by atoms with Gasteiger partial charge in [-0.1, -0.05) is 0 Å². The van der Waals surface area contributed by atoms with Gasteiger partial charge in [-0.15, -0.1) is 0 Å². The van der Waals surface area contributed by atoms with E-state index in [1.165, 1.54) is 4.68 Å². The van der Waals surface area contributed by atoms with Crippen molar-refractivity contribution in [2.24, 2.45) is 0 Å². The van der Waals surface area contributed by atoms with E-state index in [1.807, 2.05) is 55.5 Å². The number of anilines is 2. The zero-order valence-corrected chi connectivity index (χ0v) is 29.0. The molecule has 0 aliphatic carbocycles. The average molecular weight is 677 g/mol. The van der Waals surface area contributed by atoms with Gasteiger partial charge in [0.15, 0.2) is 0 Å². The first-order valence-corrected chi connectivity index (χ1v) is 18.2. The molecule has 11 heteroatoms. The van der Waals surface area contributed by atoms with E-state index in [1.54, 1.807) is 9.80 Å². The number of carbonyl (C=O) groups is 3. The summed E-state index contributed by atoms with van der Waals surface area (Å²) in [5, 5.41) is 4.65. The summed E-state index contributed by atoms with van der Waals surface area (Å²) >= 11 is -1.41. The third kappa shape index (κ3) is 7.44. The van der Waals surface area contributed by atoms with Gasteiger partial charge < -0.3 is 0 Å². The number of piperazine rings is 1. The van der Waals surface area contributed by atoms with Gasteiger partial charge in [0.1, 0.15) is 0 Å². The van der Waals surface area contributed by atoms with Gasteiger partial charge in [-0.05, 0) is 0 Å². The fraction of sp³-hybridized carbons (Fsp3) is 0.471. The number of amides is 2. The maximum atomic E-state index is 13.9. The normalized spacial score (nSPS) is 15.1. The first-order chi connectivity index (χ1) is 21.8. The molecule has 1 atom stereocenters. The molecule has 0 N–H and O–H groups in total. The number of para-hydroxylation sites is 1. The zero-order valence-electron chi connectivity index (χ0n) is 26.9. The Morgan fingerprint density at radius 2 is 1.67 bits per heavy atom. The molecule has 3 aromatic rings. The molecule has 0 radical (unpaired) electrons. The van der Waals surface area contributed by atoms with Crippen molar-refractivity contribution >= 4 is 48.3 Å². The number of urea groups is 1. The second-order valence-corrected chi connectivity index (χ2v) is 14.1. The molecule has 1 aromatic heterocycles. The minimum atomic E-state index is -1.41. The number of hydrogen-bond donors (Lipinski definition) is 0. The van der Waals surface area contributed by atoms with E-state index in [0.717, 1.165) is 74.4 Å². The average Bonchev–Trinajstić information content (AvgIpc) is 3.64. The van der Waals surface area contributed by atoms with Crippen molar-refractivity contribution < 1.29 is 19.1 Å². The number of fused-ring (bicyclic) bond motifs is 1. The van der Waals surface area contributed by atoms with Crippen molar-refractivity contribution in [3.63, 3.8) is 0 Å². The molecule has 5 rings (SSSR count). The van der Waals surface area contributed by atoms with Crippen molar-refractivity contribution in [1.82, 2.24) is 19.6 Å². The summed E-state index contributed by atoms with van der Waals surface area (Å²) < 4.78 is 7.55. The second kappa shape index (κ2) is 15.1. The Morgan fingerprint density at radius 3 is 2.36 bits per heavy atom. The zero-order chi connectivity index (χ0) is 31.9. The molecule has 2 aliphatic rings. The van der Waals surface area contributed by atoms with Crippen LogP contribution in [0.1, 0.15) is 67.2 Å². The summed E-state index contributed by atoms with van der Waals surface area (Å²) in [6.45, 7) is 11.5. The van der Waals surface area contributed by atoms with Gasteiger partial charge in [0.05, 0.1) is 0 Å². The van der Waals surface area contributed by atoms with E-state index >= 15 is 0 Å². The van der Waals surface area contributed by atoms with Crippen molar-refractivity contribution in [3.8, 4) is 0 Å². The van der Waals surface area contributed by atoms with Crippen LogP contribution in [0.15, 0.2) is 48.5 Å². The Kier molecular flexibility index (Phi) is 11.0. The molecular weight excluding hydrogens is 631 g/mol. The SMILES string of the molecule is CCCCCOC(=O)n1nc([AsH]C(=O)c2ccc(N3CCN(C)CC3)cc2)c2c1CN(C(=O)N(CC)c1ccccc1CC)C2. The third-order valence-corrected chi connectivity index (χ3v) is 11.1. The van der Waals surface area contributed by atoms with Crippen LogP contribution in [0.25, 0.3) is 0 Å². The maximum absolute atomic E-state index is 13.9. The summed E-state index contributed by atoms with van der Waals surface area (Å²) in [7, 11) is 2.13. The van der Waals surface area contributed by atoms with Crippen molar-refractivity contribution in [2.45, 2.75) is 59.5 Å². The summed E-state index contributed by atoms with van der Waals surface area (Å²) in [6, 6.07) is 15.7. The Labute approximate surface area is 273 Å². The summed E-state index contributed by atoms with van der Waals surface area (Å²) in [5.41, 5.74) is 5.20. The molecule has 0 spiro atoms. The van der Waals surface area contributed by atoms with E-state index in [2.05, 4.69) is 35.8 Å². The molecule has 1 fully saturated rings. The fourth-order valence-electron chi connectivity index (χ4n) is 5.92. The number of aromatic nitrogens is 2. The van der Waals surface area contributed by atoms with E-state index in [0.29, 0.717) is 35.4 Å². The predicted molar refractivity (Wildman–Crippen MR) is 179 cm³/mol. The van der Waals surface area contributed by atoms with E-state index in [-0.39, 0.29) is 17.1 Å². The Hall–Kier alpha value is -3.62. The molecule has 2 amide bonds. The molecule has 0 saturated carbocycles. The first-order valence-electron chi connectivity index (χ1n) is 16.1. The van der Waals surface area contributed by atoms with Gasteiger partial charge in [-0.2, -0.15) is 0 Å².